The summed E-state index contributed by atoms with van der Waals surface area (Å²) in [5, 5.41) is 12.2. The first-order valence-electron chi connectivity index (χ1n) is 10.2. The van der Waals surface area contributed by atoms with Gasteiger partial charge in [0.05, 0.1) is 0 Å². The number of phenolic OH excluding ortho intramolecular Hbond substituents is 1. The van der Waals surface area contributed by atoms with Gasteiger partial charge in [-0.15, -0.1) is 0 Å². The van der Waals surface area contributed by atoms with Gasteiger partial charge in [0.1, 0.15) is 11.6 Å². The van der Waals surface area contributed by atoms with Crippen molar-refractivity contribution in [2.45, 2.75) is 19.3 Å². The lowest BCUT2D eigenvalue weighted by atomic mass is 9.79. The van der Waals surface area contributed by atoms with E-state index >= 15 is 0 Å². The minimum absolute atomic E-state index is 0.0776. The van der Waals surface area contributed by atoms with Crippen molar-refractivity contribution in [3.8, 4) is 11.5 Å². The standard InChI is InChI=1S/C25H21F2NO4/c26-18-5-10-23(22(27)13-18)32-14-24(30)28-19-6-1-15(2-7-19)11-17-4-3-16-12-20(29)8-9-21(16)25(17)31/h1-2,5-10,12-13,17,29H,3-4,11,14H2,(H,28,30). The van der Waals surface area contributed by atoms with E-state index in [0.717, 1.165) is 29.7 Å². The zero-order valence-corrected chi connectivity index (χ0v) is 17.1. The first-order valence-corrected chi connectivity index (χ1v) is 10.2. The summed E-state index contributed by atoms with van der Waals surface area (Å²) in [7, 11) is 0. The molecule has 0 bridgehead atoms. The molecule has 164 valence electrons. The average molecular weight is 437 g/mol. The molecule has 5 nitrogen and oxygen atoms in total. The van der Waals surface area contributed by atoms with Crippen molar-refractivity contribution in [3.05, 3.63) is 89.0 Å². The van der Waals surface area contributed by atoms with E-state index in [0.29, 0.717) is 30.2 Å². The molecule has 0 aromatic heterocycles. The smallest absolute Gasteiger partial charge is 0.262 e. The fourth-order valence-corrected chi connectivity index (χ4v) is 3.84. The first-order chi connectivity index (χ1) is 15.4. The summed E-state index contributed by atoms with van der Waals surface area (Å²) in [6.07, 6.45) is 2.04. The van der Waals surface area contributed by atoms with Crippen LogP contribution in [0, 0.1) is 17.6 Å². The summed E-state index contributed by atoms with van der Waals surface area (Å²) in [5.41, 5.74) is 3.05. The van der Waals surface area contributed by atoms with Crippen LogP contribution in [0.25, 0.3) is 0 Å². The largest absolute Gasteiger partial charge is 0.508 e. The Morgan fingerprint density at radius 2 is 1.84 bits per heavy atom. The molecule has 1 aliphatic rings. The van der Waals surface area contributed by atoms with Crippen molar-refractivity contribution in [1.82, 2.24) is 0 Å². The predicted molar refractivity (Wildman–Crippen MR) is 115 cm³/mol. The molecule has 1 unspecified atom stereocenters. The third-order valence-corrected chi connectivity index (χ3v) is 5.46. The number of phenols is 1. The molecule has 1 atom stereocenters. The summed E-state index contributed by atoms with van der Waals surface area (Å²) >= 11 is 0. The molecule has 0 fully saturated rings. The number of amides is 1. The van der Waals surface area contributed by atoms with Gasteiger partial charge in [-0.25, -0.2) is 8.78 Å². The van der Waals surface area contributed by atoms with Gasteiger partial charge in [0.15, 0.2) is 24.0 Å². The average Bonchev–Trinajstić information content (AvgIpc) is 2.76. The van der Waals surface area contributed by atoms with Crippen molar-refractivity contribution in [2.24, 2.45) is 5.92 Å². The summed E-state index contributed by atoms with van der Waals surface area (Å²) in [5.74, 6) is -2.17. The van der Waals surface area contributed by atoms with Crippen molar-refractivity contribution in [2.75, 3.05) is 11.9 Å². The van der Waals surface area contributed by atoms with Gasteiger partial charge >= 0.3 is 0 Å². The van der Waals surface area contributed by atoms with E-state index in [1.165, 1.54) is 6.07 Å². The molecule has 0 saturated carbocycles. The van der Waals surface area contributed by atoms with Crippen LogP contribution in [-0.4, -0.2) is 23.4 Å². The quantitative estimate of drug-likeness (QED) is 0.587. The number of nitrogens with one attached hydrogen (secondary N) is 1. The second-order valence-corrected chi connectivity index (χ2v) is 7.75. The van der Waals surface area contributed by atoms with Crippen LogP contribution >= 0.6 is 0 Å². The highest BCUT2D eigenvalue weighted by atomic mass is 19.1. The number of ketones is 1. The number of Topliss-reactive ketones (excluding diaryl/α,β-unsaturated/α-hetero) is 1. The van der Waals surface area contributed by atoms with E-state index < -0.39 is 24.1 Å². The number of aromatic hydroxyl groups is 1. The van der Waals surface area contributed by atoms with E-state index in [1.807, 2.05) is 12.1 Å². The van der Waals surface area contributed by atoms with Gasteiger partial charge < -0.3 is 15.2 Å². The lowest BCUT2D eigenvalue weighted by molar-refractivity contribution is -0.118. The molecule has 7 heteroatoms. The summed E-state index contributed by atoms with van der Waals surface area (Å²) in [4.78, 5) is 24.8. The minimum atomic E-state index is -0.876. The molecule has 0 aliphatic heterocycles. The number of anilines is 1. The van der Waals surface area contributed by atoms with Gasteiger partial charge in [-0.2, -0.15) is 0 Å². The number of carbonyl (C=O) groups is 2. The highest BCUT2D eigenvalue weighted by Gasteiger charge is 2.27. The number of halogens is 2. The van der Waals surface area contributed by atoms with Gasteiger partial charge in [0, 0.05) is 23.2 Å². The highest BCUT2D eigenvalue weighted by molar-refractivity contribution is 6.00. The number of hydrogen-bond acceptors (Lipinski definition) is 4. The molecule has 1 aliphatic carbocycles. The predicted octanol–water partition coefficient (Wildman–Crippen LogP) is 4.68. The van der Waals surface area contributed by atoms with Crippen molar-refractivity contribution in [3.63, 3.8) is 0 Å². The number of fused-ring (bicyclic) bond motifs is 1. The first kappa shape index (κ1) is 21.5. The number of benzene rings is 3. The Morgan fingerprint density at radius 3 is 2.59 bits per heavy atom. The number of ether oxygens (including phenoxy) is 1. The maximum Gasteiger partial charge on any atom is 0.262 e. The zero-order chi connectivity index (χ0) is 22.7. The summed E-state index contributed by atoms with van der Waals surface area (Å²) < 4.78 is 31.6. The van der Waals surface area contributed by atoms with Crippen LogP contribution in [0.2, 0.25) is 0 Å². The Bertz CT molecular complexity index is 1160. The van der Waals surface area contributed by atoms with Gasteiger partial charge in [0.25, 0.3) is 5.91 Å². The van der Waals surface area contributed by atoms with Crippen molar-refractivity contribution < 1.29 is 28.2 Å². The molecule has 0 heterocycles. The maximum absolute atomic E-state index is 13.6. The second kappa shape index (κ2) is 9.18. The molecule has 3 aromatic carbocycles. The number of hydrogen-bond donors (Lipinski definition) is 2. The Balaban J connectivity index is 1.31. The van der Waals surface area contributed by atoms with Gasteiger partial charge in [-0.05, 0) is 72.9 Å². The number of aryl methyl sites for hydroxylation is 1. The number of rotatable bonds is 6. The Morgan fingerprint density at radius 1 is 1.06 bits per heavy atom. The third-order valence-electron chi connectivity index (χ3n) is 5.46. The molecule has 0 spiro atoms. The van der Waals surface area contributed by atoms with Crippen molar-refractivity contribution >= 4 is 17.4 Å². The molecular formula is C25H21F2NO4. The van der Waals surface area contributed by atoms with E-state index in [2.05, 4.69) is 5.32 Å². The van der Waals surface area contributed by atoms with E-state index in [9.17, 15) is 23.5 Å². The molecule has 1 amide bonds. The zero-order valence-electron chi connectivity index (χ0n) is 17.1. The monoisotopic (exact) mass is 437 g/mol. The topological polar surface area (TPSA) is 75.6 Å². The van der Waals surface area contributed by atoms with Crippen LogP contribution in [0.3, 0.4) is 0 Å². The Kier molecular flexibility index (Phi) is 6.16. The lowest BCUT2D eigenvalue weighted by Crippen LogP contribution is -2.24. The maximum atomic E-state index is 13.6. The molecule has 0 saturated heterocycles. The van der Waals surface area contributed by atoms with Gasteiger partial charge in [-0.1, -0.05) is 12.1 Å². The van der Waals surface area contributed by atoms with E-state index in [-0.39, 0.29) is 23.2 Å². The molecule has 4 rings (SSSR count). The van der Waals surface area contributed by atoms with Crippen molar-refractivity contribution in [1.29, 1.82) is 0 Å². The fraction of sp³-hybridized carbons (Fsp3) is 0.200. The van der Waals surface area contributed by atoms with E-state index in [4.69, 9.17) is 4.74 Å². The Labute approximate surface area is 183 Å². The molecule has 0 radical (unpaired) electrons. The minimum Gasteiger partial charge on any atom is -0.508 e. The van der Waals surface area contributed by atoms with E-state index in [1.54, 1.807) is 24.3 Å². The van der Waals surface area contributed by atoms with Crippen LogP contribution < -0.4 is 10.1 Å². The lowest BCUT2D eigenvalue weighted by Gasteiger charge is -2.23. The van der Waals surface area contributed by atoms with Crippen LogP contribution in [0.1, 0.15) is 27.9 Å². The van der Waals surface area contributed by atoms with Crippen LogP contribution in [0.4, 0.5) is 14.5 Å². The summed E-state index contributed by atoms with van der Waals surface area (Å²) in [6, 6.07) is 14.9. The second-order valence-electron chi connectivity index (χ2n) is 7.75. The van der Waals surface area contributed by atoms with Crippen LogP contribution in [0.5, 0.6) is 11.5 Å². The molecule has 3 aromatic rings. The SMILES string of the molecule is O=C(COc1ccc(F)cc1F)Nc1ccc(CC2CCc3cc(O)ccc3C2=O)cc1. The molecule has 2 N–H and O–H groups in total. The molecule has 32 heavy (non-hydrogen) atoms. The van der Waals surface area contributed by atoms with Crippen LogP contribution in [-0.2, 0) is 17.6 Å². The van der Waals surface area contributed by atoms with Gasteiger partial charge in [-0.3, -0.25) is 9.59 Å². The van der Waals surface area contributed by atoms with Gasteiger partial charge in [0.2, 0.25) is 0 Å². The van der Waals surface area contributed by atoms with Crippen LogP contribution in [0.15, 0.2) is 60.7 Å². The Hall–Kier alpha value is -3.74. The fourth-order valence-electron chi connectivity index (χ4n) is 3.84. The number of carbonyl (C=O) groups excluding carboxylic acids is 2. The summed E-state index contributed by atoms with van der Waals surface area (Å²) in [6.45, 7) is -0.421. The molecular weight excluding hydrogens is 416 g/mol. The third kappa shape index (κ3) is 4.94. The highest BCUT2D eigenvalue weighted by Crippen LogP contribution is 2.30. The normalized spacial score (nSPS) is 15.2.